The molecular weight excluding hydrogens is 330 g/mol. The molecule has 0 saturated carbocycles. The van der Waals surface area contributed by atoms with Crippen LogP contribution in [0.4, 0.5) is 0 Å². The van der Waals surface area contributed by atoms with E-state index in [4.69, 9.17) is 18.2 Å². The first-order chi connectivity index (χ1) is 9.59. The minimum Gasteiger partial charge on any atom is -0.605 e. The molecule has 0 aromatic carbocycles. The summed E-state index contributed by atoms with van der Waals surface area (Å²) in [7, 11) is -3.84. The van der Waals surface area contributed by atoms with E-state index >= 15 is 0 Å². The minimum atomic E-state index is -3.84. The van der Waals surface area contributed by atoms with Crippen LogP contribution in [0.25, 0.3) is 0 Å². The van der Waals surface area contributed by atoms with Crippen LogP contribution in [0.1, 0.15) is 41.5 Å². The molecule has 0 radical (unpaired) electrons. The molecule has 132 valence electrons. The summed E-state index contributed by atoms with van der Waals surface area (Å²) in [5, 5.41) is 12.2. The Hall–Kier alpha value is 0.104. The quantitative estimate of drug-likeness (QED) is 0.396. The Morgan fingerprint density at radius 3 is 1.65 bits per heavy atom. The maximum Gasteiger partial charge on any atom is 1.00 e. The van der Waals surface area contributed by atoms with Gasteiger partial charge in [0.1, 0.15) is 5.95 Å². The summed E-state index contributed by atoms with van der Waals surface area (Å²) in [5.74, 6) is -0.815. The van der Waals surface area contributed by atoms with E-state index in [-0.39, 0.29) is 29.4 Å². The van der Waals surface area contributed by atoms with Crippen molar-refractivity contribution >= 4 is 15.9 Å². The van der Waals surface area contributed by atoms with Crippen molar-refractivity contribution in [2.45, 2.75) is 65.3 Å². The normalized spacial score (nSPS) is 14.7. The number of hydrogen-bond donors (Lipinski definition) is 0. The van der Waals surface area contributed by atoms with Gasteiger partial charge in [-0.25, -0.2) is 0 Å². The summed E-state index contributed by atoms with van der Waals surface area (Å²) < 4.78 is 33.8. The molecule has 0 aromatic heterocycles. The summed E-state index contributed by atoms with van der Waals surface area (Å²) in [5.41, 5.74) is -1.12. The second-order valence-electron chi connectivity index (χ2n) is 7.53. The van der Waals surface area contributed by atoms with E-state index in [2.05, 4.69) is 0 Å². The molecule has 0 aliphatic carbocycles. The maximum absolute atomic E-state index is 12.7. The van der Waals surface area contributed by atoms with Crippen molar-refractivity contribution in [2.75, 3.05) is 14.2 Å². The predicted octanol–water partition coefficient (Wildman–Crippen LogP) is 0.800. The minimum absolute atomic E-state index is 0. The van der Waals surface area contributed by atoms with Crippen LogP contribution in [0.3, 0.4) is 0 Å². The molecule has 0 aliphatic heterocycles. The van der Waals surface area contributed by atoms with Gasteiger partial charge in [-0.2, -0.15) is 0 Å². The van der Waals surface area contributed by atoms with E-state index < -0.39 is 27.5 Å². The standard InChI is InChI=1S/C14H31O6PSi.Li/c1-13(2,3)19-11(15)12(21(16,17-7)18-8)20-22(9,10)14(4,5)6;/h15H,1-10H3;/q;+1/p-1/b12-11+;. The van der Waals surface area contributed by atoms with Crippen molar-refractivity contribution in [3.63, 3.8) is 0 Å². The Bertz CT molecular complexity index is 457. The Kier molecular flexibility index (Phi) is 9.33. The Morgan fingerprint density at radius 2 is 1.39 bits per heavy atom. The molecule has 23 heavy (non-hydrogen) atoms. The zero-order valence-electron chi connectivity index (χ0n) is 16.4. The van der Waals surface area contributed by atoms with Crippen LogP contribution in [0.15, 0.2) is 11.4 Å². The van der Waals surface area contributed by atoms with Crippen molar-refractivity contribution in [3.8, 4) is 0 Å². The van der Waals surface area contributed by atoms with Gasteiger partial charge in [0.2, 0.25) is 5.50 Å². The van der Waals surface area contributed by atoms with Gasteiger partial charge in [0.25, 0.3) is 8.32 Å². The molecule has 0 unspecified atom stereocenters. The monoisotopic (exact) mass is 360 g/mol. The van der Waals surface area contributed by atoms with Crippen LogP contribution in [-0.4, -0.2) is 28.1 Å². The van der Waals surface area contributed by atoms with Gasteiger partial charge >= 0.3 is 26.5 Å². The molecule has 9 heteroatoms. The van der Waals surface area contributed by atoms with Gasteiger partial charge in [-0.05, 0) is 18.1 Å². The van der Waals surface area contributed by atoms with Crippen molar-refractivity contribution < 1.29 is 46.7 Å². The number of hydrogen-bond acceptors (Lipinski definition) is 6. The first-order valence-electron chi connectivity index (χ1n) is 7.11. The Labute approximate surface area is 153 Å². The van der Waals surface area contributed by atoms with Gasteiger partial charge in [-0.15, -0.1) is 0 Å². The molecule has 0 amide bonds. The second kappa shape index (κ2) is 8.46. The van der Waals surface area contributed by atoms with Gasteiger partial charge in [-0.1, -0.05) is 41.5 Å². The van der Waals surface area contributed by atoms with E-state index in [1.807, 2.05) is 33.9 Å². The van der Waals surface area contributed by atoms with Gasteiger partial charge in [0.05, 0.1) is 0 Å². The zero-order chi connectivity index (χ0) is 18.0. The summed E-state index contributed by atoms with van der Waals surface area (Å²) >= 11 is 0. The van der Waals surface area contributed by atoms with Crippen LogP contribution in [0, 0.1) is 0 Å². The Balaban J connectivity index is 0. The van der Waals surface area contributed by atoms with Crippen LogP contribution in [0.2, 0.25) is 18.1 Å². The summed E-state index contributed by atoms with van der Waals surface area (Å²) in [4.78, 5) is 0. The van der Waals surface area contributed by atoms with Crippen molar-refractivity contribution in [3.05, 3.63) is 11.4 Å². The van der Waals surface area contributed by atoms with Gasteiger partial charge in [0.15, 0.2) is 0 Å². The number of rotatable bonds is 6. The SMILES string of the molecule is COP(=O)(OC)/C(O[Si](C)(C)C(C)(C)C)=C(\[O-])OC(C)(C)C.[Li+]. The summed E-state index contributed by atoms with van der Waals surface area (Å²) in [6.45, 7) is 15.1. The van der Waals surface area contributed by atoms with E-state index in [9.17, 15) is 9.67 Å². The van der Waals surface area contributed by atoms with Crippen molar-refractivity contribution in [2.24, 2.45) is 0 Å². The first-order valence-corrected chi connectivity index (χ1v) is 11.6. The van der Waals surface area contributed by atoms with Gasteiger partial charge in [-0.3, -0.25) is 4.57 Å². The fraction of sp³-hybridized carbons (Fsp3) is 0.857. The molecule has 0 atom stereocenters. The third kappa shape index (κ3) is 7.25. The zero-order valence-corrected chi connectivity index (χ0v) is 18.3. The molecule has 6 nitrogen and oxygen atoms in total. The fourth-order valence-electron chi connectivity index (χ4n) is 1.17. The average Bonchev–Trinajstić information content (AvgIpc) is 2.31. The van der Waals surface area contributed by atoms with E-state index in [1.165, 1.54) is 14.2 Å². The van der Waals surface area contributed by atoms with Gasteiger partial charge < -0.3 is 23.3 Å². The summed E-state index contributed by atoms with van der Waals surface area (Å²) in [6.07, 6.45) is 0. The van der Waals surface area contributed by atoms with E-state index in [0.717, 1.165) is 0 Å². The first kappa shape index (κ1) is 25.3. The van der Waals surface area contributed by atoms with Gasteiger partial charge in [0, 0.05) is 19.8 Å². The summed E-state index contributed by atoms with van der Waals surface area (Å²) in [6, 6.07) is 0. The maximum atomic E-state index is 12.7. The van der Waals surface area contributed by atoms with Crippen LogP contribution in [-0.2, 0) is 22.8 Å². The third-order valence-corrected chi connectivity index (χ3v) is 9.69. The largest absolute Gasteiger partial charge is 1.00 e. The molecule has 0 rings (SSSR count). The van der Waals surface area contributed by atoms with Crippen molar-refractivity contribution in [1.82, 2.24) is 0 Å². The smallest absolute Gasteiger partial charge is 0.605 e. The third-order valence-electron chi connectivity index (χ3n) is 3.46. The molecule has 0 heterocycles. The van der Waals surface area contributed by atoms with Crippen LogP contribution < -0.4 is 24.0 Å². The average molecular weight is 360 g/mol. The molecule has 0 aromatic rings. The molecule has 0 bridgehead atoms. The van der Waals surface area contributed by atoms with Crippen LogP contribution in [0.5, 0.6) is 0 Å². The Morgan fingerprint density at radius 1 is 1.00 bits per heavy atom. The van der Waals surface area contributed by atoms with E-state index in [0.29, 0.717) is 0 Å². The topological polar surface area (TPSA) is 77.1 Å². The molecule has 0 N–H and O–H groups in total. The van der Waals surface area contributed by atoms with E-state index in [1.54, 1.807) is 20.8 Å². The molecule has 0 fully saturated rings. The molecule has 0 saturated heterocycles. The van der Waals surface area contributed by atoms with Crippen LogP contribution >= 0.6 is 7.60 Å². The van der Waals surface area contributed by atoms with Crippen molar-refractivity contribution in [1.29, 1.82) is 0 Å². The molecular formula is C14H30LiO6PSi. The molecule has 0 spiro atoms. The molecule has 0 aliphatic rings. The fourth-order valence-corrected chi connectivity index (χ4v) is 3.92. The number of ether oxygens (including phenoxy) is 1. The second-order valence-corrected chi connectivity index (χ2v) is 14.4. The predicted molar refractivity (Wildman–Crippen MR) is 87.8 cm³/mol.